The highest BCUT2D eigenvalue weighted by Gasteiger charge is 2.16. The largest absolute Gasteiger partial charge is 0.478 e. The highest BCUT2D eigenvalue weighted by molar-refractivity contribution is 9.10. The first-order valence-corrected chi connectivity index (χ1v) is 6.87. The fourth-order valence-electron chi connectivity index (χ4n) is 1.65. The van der Waals surface area contributed by atoms with Gasteiger partial charge in [0.15, 0.2) is 0 Å². The summed E-state index contributed by atoms with van der Waals surface area (Å²) in [5, 5.41) is 11.7. The Morgan fingerprint density at radius 2 is 2.10 bits per heavy atom. The number of carbonyl (C=O) groups is 2. The molecule has 20 heavy (non-hydrogen) atoms. The minimum Gasteiger partial charge on any atom is -0.478 e. The predicted octanol–water partition coefficient (Wildman–Crippen LogP) is 3.58. The van der Waals surface area contributed by atoms with Crippen LogP contribution in [0.15, 0.2) is 35.3 Å². The molecule has 2 amide bonds. The van der Waals surface area contributed by atoms with Crippen LogP contribution in [-0.2, 0) is 0 Å². The minimum atomic E-state index is -1.05. The molecular weight excluding hydrogens is 324 g/mol. The topological polar surface area (TPSA) is 69.6 Å². The summed E-state index contributed by atoms with van der Waals surface area (Å²) >= 11 is 3.22. The van der Waals surface area contributed by atoms with Gasteiger partial charge in [0.2, 0.25) is 0 Å². The number of carbonyl (C=O) groups excluding carboxylic acids is 1. The summed E-state index contributed by atoms with van der Waals surface area (Å²) in [7, 11) is 0. The van der Waals surface area contributed by atoms with Crippen LogP contribution in [-0.4, -0.2) is 34.6 Å². The molecule has 0 unspecified atom stereocenters. The van der Waals surface area contributed by atoms with Gasteiger partial charge in [-0.05, 0) is 32.0 Å². The standard InChI is InChI=1S/C14H17BrN2O3/c1-4-5-17(9(2)3)14(20)16-12-7-10(13(18)19)6-11(15)8-12/h4,6-9H,1,5H2,2-3H3,(H,16,20)(H,18,19). The van der Waals surface area contributed by atoms with E-state index < -0.39 is 5.97 Å². The quantitative estimate of drug-likeness (QED) is 0.805. The number of urea groups is 1. The van der Waals surface area contributed by atoms with Crippen molar-refractivity contribution in [1.82, 2.24) is 4.90 Å². The van der Waals surface area contributed by atoms with Gasteiger partial charge in [0.25, 0.3) is 0 Å². The van der Waals surface area contributed by atoms with Crippen molar-refractivity contribution < 1.29 is 14.7 Å². The molecule has 108 valence electrons. The number of amides is 2. The first-order chi connectivity index (χ1) is 9.35. The molecule has 0 aliphatic rings. The summed E-state index contributed by atoms with van der Waals surface area (Å²) in [6.07, 6.45) is 1.64. The number of carboxylic acid groups (broad SMARTS) is 1. The van der Waals surface area contributed by atoms with Gasteiger partial charge in [0.1, 0.15) is 0 Å². The zero-order chi connectivity index (χ0) is 15.3. The van der Waals surface area contributed by atoms with Gasteiger partial charge in [-0.1, -0.05) is 22.0 Å². The molecule has 5 nitrogen and oxygen atoms in total. The molecule has 0 bridgehead atoms. The number of halogens is 1. The Labute approximate surface area is 126 Å². The van der Waals surface area contributed by atoms with E-state index in [-0.39, 0.29) is 17.6 Å². The van der Waals surface area contributed by atoms with Crippen molar-refractivity contribution in [3.05, 3.63) is 40.9 Å². The Hall–Kier alpha value is -1.82. The van der Waals surface area contributed by atoms with E-state index in [1.807, 2.05) is 13.8 Å². The number of benzene rings is 1. The molecule has 6 heteroatoms. The summed E-state index contributed by atoms with van der Waals surface area (Å²) in [4.78, 5) is 24.7. The molecule has 0 saturated carbocycles. The smallest absolute Gasteiger partial charge is 0.335 e. The van der Waals surface area contributed by atoms with Crippen LogP contribution in [0.4, 0.5) is 10.5 Å². The summed E-state index contributed by atoms with van der Waals surface area (Å²) < 4.78 is 0.590. The Morgan fingerprint density at radius 1 is 1.45 bits per heavy atom. The molecule has 0 aromatic heterocycles. The highest BCUT2D eigenvalue weighted by atomic mass is 79.9. The number of nitrogens with zero attached hydrogens (tertiary/aromatic N) is 1. The second-order valence-corrected chi connectivity index (χ2v) is 5.41. The number of anilines is 1. The second kappa shape index (κ2) is 7.09. The molecule has 2 N–H and O–H groups in total. The summed E-state index contributed by atoms with van der Waals surface area (Å²) in [5.41, 5.74) is 0.533. The average Bonchev–Trinajstić information content (AvgIpc) is 2.34. The number of nitrogens with one attached hydrogen (secondary N) is 1. The lowest BCUT2D eigenvalue weighted by molar-refractivity contribution is 0.0696. The Kier molecular flexibility index (Phi) is 5.76. The Bertz CT molecular complexity index is 529. The van der Waals surface area contributed by atoms with E-state index in [1.165, 1.54) is 12.1 Å². The van der Waals surface area contributed by atoms with Crippen molar-refractivity contribution >= 4 is 33.6 Å². The van der Waals surface area contributed by atoms with Gasteiger partial charge in [0.05, 0.1) is 5.56 Å². The van der Waals surface area contributed by atoms with E-state index >= 15 is 0 Å². The first-order valence-electron chi connectivity index (χ1n) is 6.07. The number of hydrogen-bond acceptors (Lipinski definition) is 2. The van der Waals surface area contributed by atoms with Crippen molar-refractivity contribution in [1.29, 1.82) is 0 Å². The van der Waals surface area contributed by atoms with E-state index in [2.05, 4.69) is 27.8 Å². The zero-order valence-electron chi connectivity index (χ0n) is 11.4. The summed E-state index contributed by atoms with van der Waals surface area (Å²) in [5.74, 6) is -1.05. The monoisotopic (exact) mass is 340 g/mol. The summed E-state index contributed by atoms with van der Waals surface area (Å²) in [6, 6.07) is 4.25. The van der Waals surface area contributed by atoms with Crippen molar-refractivity contribution in [2.24, 2.45) is 0 Å². The van der Waals surface area contributed by atoms with E-state index in [0.29, 0.717) is 16.7 Å². The van der Waals surface area contributed by atoms with Crippen LogP contribution in [0.2, 0.25) is 0 Å². The maximum atomic E-state index is 12.1. The van der Waals surface area contributed by atoms with Crippen LogP contribution in [0.1, 0.15) is 24.2 Å². The van der Waals surface area contributed by atoms with Crippen LogP contribution in [0.25, 0.3) is 0 Å². The van der Waals surface area contributed by atoms with E-state index in [9.17, 15) is 9.59 Å². The van der Waals surface area contributed by atoms with Gasteiger partial charge >= 0.3 is 12.0 Å². The third-order valence-electron chi connectivity index (χ3n) is 2.61. The van der Waals surface area contributed by atoms with Gasteiger partial charge in [-0.2, -0.15) is 0 Å². The van der Waals surface area contributed by atoms with Crippen LogP contribution in [0.3, 0.4) is 0 Å². The van der Waals surface area contributed by atoms with E-state index in [4.69, 9.17) is 5.11 Å². The highest BCUT2D eigenvalue weighted by Crippen LogP contribution is 2.20. The third kappa shape index (κ3) is 4.38. The van der Waals surface area contributed by atoms with Crippen LogP contribution < -0.4 is 5.32 Å². The number of hydrogen-bond donors (Lipinski definition) is 2. The summed E-state index contributed by atoms with van der Waals surface area (Å²) in [6.45, 7) is 7.83. The molecular formula is C14H17BrN2O3. The molecule has 0 fully saturated rings. The van der Waals surface area contributed by atoms with E-state index in [1.54, 1.807) is 17.0 Å². The number of carboxylic acids is 1. The van der Waals surface area contributed by atoms with Gasteiger partial charge in [-0.15, -0.1) is 6.58 Å². The van der Waals surface area contributed by atoms with E-state index in [0.717, 1.165) is 0 Å². The molecule has 1 rings (SSSR count). The predicted molar refractivity (Wildman–Crippen MR) is 82.2 cm³/mol. The van der Waals surface area contributed by atoms with Gasteiger partial charge in [-0.3, -0.25) is 0 Å². The molecule has 1 aromatic rings. The van der Waals surface area contributed by atoms with Crippen molar-refractivity contribution in [3.63, 3.8) is 0 Å². The Morgan fingerprint density at radius 3 is 2.60 bits per heavy atom. The van der Waals surface area contributed by atoms with Crippen molar-refractivity contribution in [2.75, 3.05) is 11.9 Å². The van der Waals surface area contributed by atoms with Crippen molar-refractivity contribution in [2.45, 2.75) is 19.9 Å². The van der Waals surface area contributed by atoms with Crippen LogP contribution >= 0.6 is 15.9 Å². The van der Waals surface area contributed by atoms with Gasteiger partial charge in [-0.25, -0.2) is 9.59 Å². The fraction of sp³-hybridized carbons (Fsp3) is 0.286. The third-order valence-corrected chi connectivity index (χ3v) is 3.06. The van der Waals surface area contributed by atoms with Crippen molar-refractivity contribution in [3.8, 4) is 0 Å². The minimum absolute atomic E-state index is 0.0131. The molecule has 0 saturated heterocycles. The molecule has 0 atom stereocenters. The lowest BCUT2D eigenvalue weighted by atomic mass is 10.2. The molecule has 0 spiro atoms. The van der Waals surface area contributed by atoms with Gasteiger partial charge < -0.3 is 15.3 Å². The first kappa shape index (κ1) is 16.2. The SMILES string of the molecule is C=CCN(C(=O)Nc1cc(Br)cc(C(=O)O)c1)C(C)C. The molecule has 0 aliphatic heterocycles. The molecule has 1 aromatic carbocycles. The normalized spacial score (nSPS) is 10.2. The molecule has 0 aliphatic carbocycles. The zero-order valence-corrected chi connectivity index (χ0v) is 13.0. The average molecular weight is 341 g/mol. The lowest BCUT2D eigenvalue weighted by Crippen LogP contribution is -2.40. The maximum Gasteiger partial charge on any atom is 0.335 e. The maximum absolute atomic E-state index is 12.1. The van der Waals surface area contributed by atoms with Crippen LogP contribution in [0, 0.1) is 0 Å². The number of rotatable bonds is 5. The fourth-order valence-corrected chi connectivity index (χ4v) is 2.14. The van der Waals surface area contributed by atoms with Gasteiger partial charge in [0, 0.05) is 22.7 Å². The molecule has 0 radical (unpaired) electrons. The second-order valence-electron chi connectivity index (χ2n) is 4.50. The number of aromatic carboxylic acids is 1. The lowest BCUT2D eigenvalue weighted by Gasteiger charge is -2.25. The van der Waals surface area contributed by atoms with Crippen LogP contribution in [0.5, 0.6) is 0 Å². The molecule has 0 heterocycles. The Balaban J connectivity index is 2.94.